The molecular weight excluding hydrogens is 613 g/mol. The van der Waals surface area contributed by atoms with Crippen molar-refractivity contribution in [3.8, 4) is 66.8 Å². The highest BCUT2D eigenvalue weighted by molar-refractivity contribution is 6.22. The fraction of sp³-hybridized carbons (Fsp3) is 0.0196. The Labute approximate surface area is 300 Å². The van der Waals surface area contributed by atoms with Crippen LogP contribution in [0.4, 0.5) is 0 Å². The van der Waals surface area contributed by atoms with E-state index in [0.29, 0.717) is 0 Å². The summed E-state index contributed by atoms with van der Waals surface area (Å²) in [5, 5.41) is 5.02. The minimum Gasteiger partial charge on any atom is -0.0622 e. The van der Waals surface area contributed by atoms with Gasteiger partial charge in [0.2, 0.25) is 0 Å². The predicted octanol–water partition coefficient (Wildman–Crippen LogP) is 14.3. The zero-order chi connectivity index (χ0) is 34.1. The Morgan fingerprint density at radius 3 is 1.18 bits per heavy atom. The number of hydrogen-bond acceptors (Lipinski definition) is 0. The van der Waals surface area contributed by atoms with Crippen molar-refractivity contribution in [3.63, 3.8) is 0 Å². The number of benzene rings is 9. The van der Waals surface area contributed by atoms with Crippen molar-refractivity contribution in [2.75, 3.05) is 0 Å². The van der Waals surface area contributed by atoms with Gasteiger partial charge in [-0.25, -0.2) is 0 Å². The van der Waals surface area contributed by atoms with Gasteiger partial charge in [-0.1, -0.05) is 188 Å². The van der Waals surface area contributed by atoms with E-state index in [0.717, 1.165) is 0 Å². The summed E-state index contributed by atoms with van der Waals surface area (Å²) in [6.07, 6.45) is 0. The fourth-order valence-electron chi connectivity index (χ4n) is 7.64. The van der Waals surface area contributed by atoms with Gasteiger partial charge in [0.1, 0.15) is 0 Å². The fourth-order valence-corrected chi connectivity index (χ4v) is 7.64. The molecule has 0 spiro atoms. The molecule has 0 aliphatic rings. The van der Waals surface area contributed by atoms with Gasteiger partial charge in [-0.15, -0.1) is 0 Å². The maximum absolute atomic E-state index is 2.42. The third kappa shape index (κ3) is 5.71. The molecule has 0 saturated heterocycles. The zero-order valence-electron chi connectivity index (χ0n) is 28.6. The van der Waals surface area contributed by atoms with Crippen molar-refractivity contribution in [1.29, 1.82) is 0 Å². The minimum atomic E-state index is 1.20. The molecule has 240 valence electrons. The molecule has 0 heteroatoms. The molecule has 0 bridgehead atoms. The molecule has 0 aliphatic carbocycles. The largest absolute Gasteiger partial charge is 0.0622 e. The molecule has 0 aliphatic heterocycles. The lowest BCUT2D eigenvalue weighted by molar-refractivity contribution is 1.47. The van der Waals surface area contributed by atoms with Crippen LogP contribution in [0.1, 0.15) is 5.56 Å². The van der Waals surface area contributed by atoms with Crippen molar-refractivity contribution in [2.45, 2.75) is 6.92 Å². The van der Waals surface area contributed by atoms with Crippen LogP contribution in [0.25, 0.3) is 88.3 Å². The summed E-state index contributed by atoms with van der Waals surface area (Å²) in [4.78, 5) is 0. The number of rotatable bonds is 6. The van der Waals surface area contributed by atoms with Gasteiger partial charge in [-0.05, 0) is 113 Å². The van der Waals surface area contributed by atoms with Crippen LogP contribution < -0.4 is 0 Å². The van der Waals surface area contributed by atoms with E-state index in [1.807, 2.05) is 0 Å². The molecule has 9 aromatic rings. The molecule has 51 heavy (non-hydrogen) atoms. The van der Waals surface area contributed by atoms with Gasteiger partial charge in [0.25, 0.3) is 0 Å². The summed E-state index contributed by atoms with van der Waals surface area (Å²) in [6, 6.07) is 73.2. The Kier molecular flexibility index (Phi) is 7.84. The number of hydrogen-bond donors (Lipinski definition) is 0. The van der Waals surface area contributed by atoms with Crippen LogP contribution in [0.15, 0.2) is 200 Å². The van der Waals surface area contributed by atoms with Crippen LogP contribution in [0.5, 0.6) is 0 Å². The van der Waals surface area contributed by atoms with Gasteiger partial charge < -0.3 is 0 Å². The van der Waals surface area contributed by atoms with Crippen molar-refractivity contribution in [2.24, 2.45) is 0 Å². The van der Waals surface area contributed by atoms with Crippen LogP contribution in [0, 0.1) is 6.92 Å². The van der Waals surface area contributed by atoms with Crippen molar-refractivity contribution in [3.05, 3.63) is 206 Å². The Morgan fingerprint density at radius 2 is 0.627 bits per heavy atom. The molecule has 0 atom stereocenters. The molecule has 0 unspecified atom stereocenters. The highest BCUT2D eigenvalue weighted by Crippen LogP contribution is 2.47. The van der Waals surface area contributed by atoms with E-state index < -0.39 is 0 Å². The maximum Gasteiger partial charge on any atom is -0.00199 e. The lowest BCUT2D eigenvalue weighted by atomic mass is 9.82. The predicted molar refractivity (Wildman–Crippen MR) is 219 cm³/mol. The van der Waals surface area contributed by atoms with Gasteiger partial charge in [0.05, 0.1) is 0 Å². The maximum atomic E-state index is 2.42. The van der Waals surface area contributed by atoms with Gasteiger partial charge in [-0.3, -0.25) is 0 Å². The Hall–Kier alpha value is -6.50. The summed E-state index contributed by atoms with van der Waals surface area (Å²) in [5.41, 5.74) is 15.9. The SMILES string of the molecule is Cc1ccc(-c2c3ccccc3c(-c3cc(-c4cccc(-c5ccccc5)c4)ccc3-c3cccc(-c4ccccc4)c3)c3ccccc23)cc1. The highest BCUT2D eigenvalue weighted by Gasteiger charge is 2.20. The van der Waals surface area contributed by atoms with Gasteiger partial charge in [0, 0.05) is 0 Å². The van der Waals surface area contributed by atoms with Crippen LogP contribution in [-0.4, -0.2) is 0 Å². The van der Waals surface area contributed by atoms with E-state index >= 15 is 0 Å². The first-order valence-electron chi connectivity index (χ1n) is 17.7. The summed E-state index contributed by atoms with van der Waals surface area (Å²) >= 11 is 0. The Morgan fingerprint density at radius 1 is 0.235 bits per heavy atom. The molecule has 0 fully saturated rings. The quantitative estimate of drug-likeness (QED) is 0.157. The topological polar surface area (TPSA) is 0 Å². The first-order valence-corrected chi connectivity index (χ1v) is 17.7. The molecule has 0 aromatic heterocycles. The van der Waals surface area contributed by atoms with Crippen molar-refractivity contribution >= 4 is 21.5 Å². The average molecular weight is 649 g/mol. The van der Waals surface area contributed by atoms with Crippen molar-refractivity contribution < 1.29 is 0 Å². The molecule has 0 saturated carbocycles. The van der Waals surface area contributed by atoms with E-state index in [4.69, 9.17) is 0 Å². The lowest BCUT2D eigenvalue weighted by Crippen LogP contribution is -1.94. The smallest absolute Gasteiger partial charge is 0.00199 e. The van der Waals surface area contributed by atoms with E-state index in [1.54, 1.807) is 0 Å². The van der Waals surface area contributed by atoms with Crippen LogP contribution in [0.3, 0.4) is 0 Å². The monoisotopic (exact) mass is 648 g/mol. The van der Waals surface area contributed by atoms with E-state index in [1.165, 1.54) is 93.9 Å². The van der Waals surface area contributed by atoms with Crippen molar-refractivity contribution in [1.82, 2.24) is 0 Å². The minimum absolute atomic E-state index is 1.20. The van der Waals surface area contributed by atoms with E-state index in [-0.39, 0.29) is 0 Å². The third-order valence-electron chi connectivity index (χ3n) is 10.1. The summed E-state index contributed by atoms with van der Waals surface area (Å²) in [6.45, 7) is 2.15. The van der Waals surface area contributed by atoms with E-state index in [2.05, 4.69) is 207 Å². The highest BCUT2D eigenvalue weighted by atomic mass is 14.2. The molecule has 9 aromatic carbocycles. The average Bonchev–Trinajstić information content (AvgIpc) is 3.21. The second-order valence-corrected chi connectivity index (χ2v) is 13.4. The molecule has 9 rings (SSSR count). The summed E-state index contributed by atoms with van der Waals surface area (Å²) in [5.74, 6) is 0. The lowest BCUT2D eigenvalue weighted by Gasteiger charge is -2.21. The zero-order valence-corrected chi connectivity index (χ0v) is 28.6. The normalized spacial score (nSPS) is 11.2. The van der Waals surface area contributed by atoms with Gasteiger partial charge in [-0.2, -0.15) is 0 Å². The number of fused-ring (bicyclic) bond motifs is 2. The molecular formula is C51H36. The molecule has 0 radical (unpaired) electrons. The molecule has 0 amide bonds. The van der Waals surface area contributed by atoms with Gasteiger partial charge in [0.15, 0.2) is 0 Å². The first kappa shape index (κ1) is 30.6. The summed E-state index contributed by atoms with van der Waals surface area (Å²) in [7, 11) is 0. The standard InChI is InChI=1S/C51H36/c1-35-26-28-38(29-27-35)50-45-22-8-10-24-47(45)51(48-25-11-9-23-46(48)50)49-34-42(41-20-12-18-39(32-41)36-14-4-2-5-15-36)30-31-44(49)43-21-13-19-40(33-43)37-16-6-3-7-17-37/h2-34H,1H3. The van der Waals surface area contributed by atoms with Crippen LogP contribution in [-0.2, 0) is 0 Å². The summed E-state index contributed by atoms with van der Waals surface area (Å²) < 4.78 is 0. The number of aryl methyl sites for hydroxylation is 1. The molecule has 0 heterocycles. The van der Waals surface area contributed by atoms with Crippen LogP contribution in [0.2, 0.25) is 0 Å². The van der Waals surface area contributed by atoms with Crippen LogP contribution >= 0.6 is 0 Å². The second-order valence-electron chi connectivity index (χ2n) is 13.4. The Bertz CT molecular complexity index is 2610. The third-order valence-corrected chi connectivity index (χ3v) is 10.1. The van der Waals surface area contributed by atoms with E-state index in [9.17, 15) is 0 Å². The second kappa shape index (κ2) is 13.1. The first-order chi connectivity index (χ1) is 25.2. The molecule has 0 N–H and O–H groups in total. The Balaban J connectivity index is 1.34. The van der Waals surface area contributed by atoms with Gasteiger partial charge >= 0.3 is 0 Å². The molecule has 0 nitrogen and oxygen atoms in total.